The Morgan fingerprint density at radius 1 is 1.24 bits per heavy atom. The zero-order valence-corrected chi connectivity index (χ0v) is 14.6. The predicted molar refractivity (Wildman–Crippen MR) is 93.4 cm³/mol. The maximum Gasteiger partial charge on any atom is 0.258 e. The highest BCUT2D eigenvalue weighted by Crippen LogP contribution is 2.13. The summed E-state index contributed by atoms with van der Waals surface area (Å²) >= 11 is 0. The first-order chi connectivity index (χ1) is 12.1. The number of rotatable bonds is 6. The predicted octanol–water partition coefficient (Wildman–Crippen LogP) is 2.00. The first kappa shape index (κ1) is 16.9. The molecule has 1 N–H and O–H groups in total. The normalized spacial score (nSPS) is 10.8. The second-order valence-corrected chi connectivity index (χ2v) is 5.86. The van der Waals surface area contributed by atoms with Crippen LogP contribution in [0.15, 0.2) is 30.3 Å². The lowest BCUT2D eigenvalue weighted by atomic mass is 10.2. The second kappa shape index (κ2) is 7.29. The lowest BCUT2D eigenvalue weighted by molar-refractivity contribution is -0.123. The molecule has 1 aromatic carbocycles. The van der Waals surface area contributed by atoms with Crippen LogP contribution in [0.3, 0.4) is 0 Å². The van der Waals surface area contributed by atoms with Gasteiger partial charge in [0.05, 0.1) is 6.54 Å². The van der Waals surface area contributed by atoms with E-state index in [0.29, 0.717) is 17.4 Å². The van der Waals surface area contributed by atoms with Crippen LogP contribution in [0.25, 0.3) is 5.78 Å². The molecule has 0 spiro atoms. The van der Waals surface area contributed by atoms with E-state index in [1.54, 1.807) is 0 Å². The van der Waals surface area contributed by atoms with E-state index in [1.165, 1.54) is 5.56 Å². The molecule has 0 aliphatic heterocycles. The SMILES string of the molecule is CCc1cccc(OCC(=O)NCc2nnc3nc(C)cc(C)n23)c1. The maximum atomic E-state index is 12.0. The van der Waals surface area contributed by atoms with Crippen molar-refractivity contribution in [2.45, 2.75) is 33.7 Å². The molecule has 3 rings (SSSR count). The van der Waals surface area contributed by atoms with Crippen LogP contribution in [0.5, 0.6) is 5.75 Å². The summed E-state index contributed by atoms with van der Waals surface area (Å²) in [6.45, 7) is 6.17. The zero-order valence-electron chi connectivity index (χ0n) is 14.6. The van der Waals surface area contributed by atoms with E-state index >= 15 is 0 Å². The van der Waals surface area contributed by atoms with Gasteiger partial charge in [-0.15, -0.1) is 10.2 Å². The summed E-state index contributed by atoms with van der Waals surface area (Å²) in [4.78, 5) is 16.4. The minimum atomic E-state index is -0.212. The van der Waals surface area contributed by atoms with Crippen molar-refractivity contribution in [1.82, 2.24) is 24.9 Å². The molecular weight excluding hydrogens is 318 g/mol. The Balaban J connectivity index is 1.59. The van der Waals surface area contributed by atoms with Gasteiger partial charge in [-0.1, -0.05) is 19.1 Å². The van der Waals surface area contributed by atoms with Gasteiger partial charge in [0.15, 0.2) is 12.4 Å². The first-order valence-electron chi connectivity index (χ1n) is 8.23. The monoisotopic (exact) mass is 339 g/mol. The number of fused-ring (bicyclic) bond motifs is 1. The molecule has 2 heterocycles. The lowest BCUT2D eigenvalue weighted by Crippen LogP contribution is -2.29. The highest BCUT2D eigenvalue weighted by molar-refractivity contribution is 5.77. The molecule has 1 amide bonds. The van der Waals surface area contributed by atoms with E-state index in [2.05, 4.69) is 27.4 Å². The molecule has 7 heteroatoms. The number of carbonyl (C=O) groups is 1. The van der Waals surface area contributed by atoms with Crippen molar-refractivity contribution in [3.05, 3.63) is 53.1 Å². The molecule has 130 valence electrons. The molecule has 0 saturated heterocycles. The molecule has 0 radical (unpaired) electrons. The minimum Gasteiger partial charge on any atom is -0.484 e. The van der Waals surface area contributed by atoms with Crippen LogP contribution in [0.1, 0.15) is 29.7 Å². The largest absolute Gasteiger partial charge is 0.484 e. The van der Waals surface area contributed by atoms with Crippen molar-refractivity contribution >= 4 is 11.7 Å². The van der Waals surface area contributed by atoms with Crippen LogP contribution >= 0.6 is 0 Å². The molecule has 0 aliphatic rings. The van der Waals surface area contributed by atoms with Crippen LogP contribution in [0.2, 0.25) is 0 Å². The zero-order chi connectivity index (χ0) is 17.8. The number of nitrogens with zero attached hydrogens (tertiary/aromatic N) is 4. The summed E-state index contributed by atoms with van der Waals surface area (Å²) in [5, 5.41) is 11.0. The molecule has 0 atom stereocenters. The van der Waals surface area contributed by atoms with Gasteiger partial charge in [0.2, 0.25) is 0 Å². The molecule has 0 bridgehead atoms. The summed E-state index contributed by atoms with van der Waals surface area (Å²) in [6, 6.07) is 9.69. The number of benzene rings is 1. The summed E-state index contributed by atoms with van der Waals surface area (Å²) in [5.41, 5.74) is 3.03. The van der Waals surface area contributed by atoms with Gasteiger partial charge in [0, 0.05) is 11.4 Å². The standard InChI is InChI=1S/C18H21N5O2/c1-4-14-6-5-7-15(9-14)25-11-17(24)19-10-16-21-22-18-20-12(2)8-13(3)23(16)18/h5-9H,4,10-11H2,1-3H3,(H,19,24). The van der Waals surface area contributed by atoms with E-state index in [0.717, 1.165) is 17.8 Å². The number of nitrogens with one attached hydrogen (secondary N) is 1. The molecular formula is C18H21N5O2. The molecule has 0 saturated carbocycles. The Hall–Kier alpha value is -2.96. The Morgan fingerprint density at radius 2 is 2.08 bits per heavy atom. The Labute approximate surface area is 146 Å². The maximum absolute atomic E-state index is 12.0. The van der Waals surface area contributed by atoms with Gasteiger partial charge in [0.1, 0.15) is 5.75 Å². The van der Waals surface area contributed by atoms with Crippen molar-refractivity contribution in [1.29, 1.82) is 0 Å². The highest BCUT2D eigenvalue weighted by Gasteiger charge is 2.11. The van der Waals surface area contributed by atoms with Crippen molar-refractivity contribution in [2.24, 2.45) is 0 Å². The first-order valence-corrected chi connectivity index (χ1v) is 8.23. The van der Waals surface area contributed by atoms with Gasteiger partial charge >= 0.3 is 0 Å². The summed E-state index contributed by atoms with van der Waals surface area (Å²) in [6.07, 6.45) is 0.927. The van der Waals surface area contributed by atoms with Gasteiger partial charge in [-0.2, -0.15) is 0 Å². The van der Waals surface area contributed by atoms with Crippen molar-refractivity contribution < 1.29 is 9.53 Å². The number of amides is 1. The van der Waals surface area contributed by atoms with E-state index < -0.39 is 0 Å². The summed E-state index contributed by atoms with van der Waals surface area (Å²) < 4.78 is 7.37. The van der Waals surface area contributed by atoms with Gasteiger partial charge in [0.25, 0.3) is 11.7 Å². The van der Waals surface area contributed by atoms with Crippen LogP contribution in [0, 0.1) is 13.8 Å². The molecule has 3 aromatic rings. The molecule has 7 nitrogen and oxygen atoms in total. The van der Waals surface area contributed by atoms with Crippen LogP contribution < -0.4 is 10.1 Å². The third-order valence-corrected chi connectivity index (χ3v) is 3.88. The van der Waals surface area contributed by atoms with E-state index in [4.69, 9.17) is 4.74 Å². The third kappa shape index (κ3) is 3.93. The Bertz CT molecular complexity index is 904. The highest BCUT2D eigenvalue weighted by atomic mass is 16.5. The van der Waals surface area contributed by atoms with Gasteiger partial charge in [-0.3, -0.25) is 9.20 Å². The van der Waals surface area contributed by atoms with Gasteiger partial charge < -0.3 is 10.1 Å². The molecule has 0 unspecified atom stereocenters. The Morgan fingerprint density at radius 3 is 2.88 bits per heavy atom. The average Bonchev–Trinajstić information content (AvgIpc) is 3.01. The van der Waals surface area contributed by atoms with E-state index in [1.807, 2.05) is 48.6 Å². The second-order valence-electron chi connectivity index (χ2n) is 5.86. The fourth-order valence-electron chi connectivity index (χ4n) is 2.64. The number of hydrogen-bond acceptors (Lipinski definition) is 5. The van der Waals surface area contributed by atoms with Crippen molar-refractivity contribution in [3.8, 4) is 5.75 Å². The number of carbonyl (C=O) groups excluding carboxylic acids is 1. The van der Waals surface area contributed by atoms with Gasteiger partial charge in [-0.25, -0.2) is 4.98 Å². The molecule has 2 aromatic heterocycles. The minimum absolute atomic E-state index is 0.0414. The number of aryl methyl sites for hydroxylation is 3. The van der Waals surface area contributed by atoms with E-state index in [9.17, 15) is 4.79 Å². The third-order valence-electron chi connectivity index (χ3n) is 3.88. The van der Waals surface area contributed by atoms with Crippen molar-refractivity contribution in [3.63, 3.8) is 0 Å². The average molecular weight is 339 g/mol. The topological polar surface area (TPSA) is 81.4 Å². The fourth-order valence-corrected chi connectivity index (χ4v) is 2.64. The van der Waals surface area contributed by atoms with Crippen LogP contribution in [-0.4, -0.2) is 32.1 Å². The van der Waals surface area contributed by atoms with Crippen molar-refractivity contribution in [2.75, 3.05) is 6.61 Å². The summed E-state index contributed by atoms with van der Waals surface area (Å²) in [7, 11) is 0. The van der Waals surface area contributed by atoms with Crippen LogP contribution in [-0.2, 0) is 17.8 Å². The van der Waals surface area contributed by atoms with Gasteiger partial charge in [-0.05, 0) is 44.0 Å². The quantitative estimate of drug-likeness (QED) is 0.743. The molecule has 0 aliphatic carbocycles. The summed E-state index contributed by atoms with van der Waals surface area (Å²) in [5.74, 6) is 1.66. The lowest BCUT2D eigenvalue weighted by Gasteiger charge is -2.08. The fraction of sp³-hybridized carbons (Fsp3) is 0.333. The van der Waals surface area contributed by atoms with E-state index in [-0.39, 0.29) is 19.1 Å². The smallest absolute Gasteiger partial charge is 0.258 e. The molecule has 0 fully saturated rings. The molecule has 25 heavy (non-hydrogen) atoms. The van der Waals surface area contributed by atoms with Crippen LogP contribution in [0.4, 0.5) is 0 Å². The number of aromatic nitrogens is 4. The Kier molecular flexibility index (Phi) is 4.92. The number of hydrogen-bond donors (Lipinski definition) is 1. The number of ether oxygens (including phenoxy) is 1.